The maximum atomic E-state index is 13.0. The zero-order valence-corrected chi connectivity index (χ0v) is 15.9. The fourth-order valence-corrected chi connectivity index (χ4v) is 3.29. The number of nitrogens with one attached hydrogen (secondary N) is 2. The third-order valence-electron chi connectivity index (χ3n) is 4.51. The summed E-state index contributed by atoms with van der Waals surface area (Å²) in [5.41, 5.74) is 0.902. The second-order valence-corrected chi connectivity index (χ2v) is 6.86. The number of nitrogens with zero attached hydrogens (tertiary/aromatic N) is 1. The molecule has 1 aromatic heterocycles. The number of carbonyl (C=O) groups is 2. The molecule has 5 nitrogen and oxygen atoms in total. The van der Waals surface area contributed by atoms with Crippen LogP contribution in [-0.2, 0) is 11.0 Å². The van der Waals surface area contributed by atoms with Crippen molar-refractivity contribution < 1.29 is 22.8 Å². The summed E-state index contributed by atoms with van der Waals surface area (Å²) in [6, 6.07) is 12.2. The number of alkyl halides is 3. The number of fused-ring (bicyclic) bond motifs is 1. The molecule has 29 heavy (non-hydrogen) atoms. The number of Topliss-reactive ketones (excluding diaryl/α,β-unsaturated/α-hetero) is 1. The van der Waals surface area contributed by atoms with Gasteiger partial charge in [0.05, 0.1) is 24.3 Å². The molecule has 1 heterocycles. The summed E-state index contributed by atoms with van der Waals surface area (Å²) < 4.78 is 39.1. The van der Waals surface area contributed by atoms with Crippen molar-refractivity contribution in [1.82, 2.24) is 9.88 Å². The fourth-order valence-electron chi connectivity index (χ4n) is 3.29. The largest absolute Gasteiger partial charge is 0.418 e. The van der Waals surface area contributed by atoms with E-state index in [1.807, 2.05) is 24.3 Å². The van der Waals surface area contributed by atoms with Crippen molar-refractivity contribution in [2.24, 2.45) is 0 Å². The van der Waals surface area contributed by atoms with E-state index in [1.54, 1.807) is 14.0 Å². The number of carbonyl (C=O) groups excluding carboxylic acids is 2. The summed E-state index contributed by atoms with van der Waals surface area (Å²) in [4.78, 5) is 29.6. The monoisotopic (exact) mass is 403 g/mol. The van der Waals surface area contributed by atoms with E-state index >= 15 is 0 Å². The summed E-state index contributed by atoms with van der Waals surface area (Å²) >= 11 is 0. The van der Waals surface area contributed by atoms with E-state index in [0.29, 0.717) is 5.56 Å². The number of para-hydroxylation sites is 2. The van der Waals surface area contributed by atoms with Gasteiger partial charge >= 0.3 is 6.18 Å². The Morgan fingerprint density at radius 1 is 1.03 bits per heavy atom. The van der Waals surface area contributed by atoms with Crippen LogP contribution in [0.5, 0.6) is 0 Å². The van der Waals surface area contributed by atoms with Crippen molar-refractivity contribution in [3.05, 3.63) is 65.4 Å². The maximum Gasteiger partial charge on any atom is 0.418 e. The van der Waals surface area contributed by atoms with Gasteiger partial charge in [-0.25, -0.2) is 0 Å². The standard InChI is InChI=1S/C21H20F3N3O2/c1-13-20(14-7-3-5-9-16(14)25-13)18(28)11-27(2)12-19(29)26-17-10-6-4-8-15(17)21(22,23)24/h3-10,25H,11-12H2,1-2H3,(H,26,29). The molecule has 2 aromatic carbocycles. The zero-order chi connectivity index (χ0) is 21.2. The van der Waals surface area contributed by atoms with Crippen molar-refractivity contribution in [2.75, 3.05) is 25.5 Å². The third-order valence-corrected chi connectivity index (χ3v) is 4.51. The molecule has 0 radical (unpaired) electrons. The first-order chi connectivity index (χ1) is 13.7. The van der Waals surface area contributed by atoms with Crippen molar-refractivity contribution in [3.63, 3.8) is 0 Å². The van der Waals surface area contributed by atoms with Gasteiger partial charge in [0, 0.05) is 22.2 Å². The van der Waals surface area contributed by atoms with Gasteiger partial charge in [0.15, 0.2) is 5.78 Å². The lowest BCUT2D eigenvalue weighted by Gasteiger charge is -2.17. The van der Waals surface area contributed by atoms with E-state index in [-0.39, 0.29) is 24.6 Å². The van der Waals surface area contributed by atoms with Gasteiger partial charge < -0.3 is 10.3 Å². The zero-order valence-electron chi connectivity index (χ0n) is 15.9. The Labute approximate surface area is 165 Å². The minimum absolute atomic E-state index is 0.0446. The van der Waals surface area contributed by atoms with Crippen LogP contribution in [0.1, 0.15) is 21.6 Å². The van der Waals surface area contributed by atoms with E-state index in [9.17, 15) is 22.8 Å². The molecule has 0 fully saturated rings. The van der Waals surface area contributed by atoms with Crippen LogP contribution in [0.15, 0.2) is 48.5 Å². The highest BCUT2D eigenvalue weighted by Gasteiger charge is 2.33. The van der Waals surface area contributed by atoms with Crippen LogP contribution in [0.4, 0.5) is 18.9 Å². The van der Waals surface area contributed by atoms with Gasteiger partial charge in [-0.3, -0.25) is 14.5 Å². The first-order valence-electron chi connectivity index (χ1n) is 8.92. The number of aryl methyl sites for hydroxylation is 1. The maximum absolute atomic E-state index is 13.0. The van der Waals surface area contributed by atoms with Gasteiger partial charge in [-0.15, -0.1) is 0 Å². The van der Waals surface area contributed by atoms with E-state index in [1.165, 1.54) is 23.1 Å². The van der Waals surface area contributed by atoms with Crippen LogP contribution in [0.3, 0.4) is 0 Å². The lowest BCUT2D eigenvalue weighted by molar-refractivity contribution is -0.137. The number of likely N-dealkylation sites (N-methyl/N-ethyl adjacent to an activating group) is 1. The second-order valence-electron chi connectivity index (χ2n) is 6.86. The molecule has 2 N–H and O–H groups in total. The molecule has 0 spiro atoms. The Hall–Kier alpha value is -3.13. The number of rotatable bonds is 6. The van der Waals surface area contributed by atoms with E-state index in [0.717, 1.165) is 22.7 Å². The third kappa shape index (κ3) is 4.65. The lowest BCUT2D eigenvalue weighted by atomic mass is 10.1. The Balaban J connectivity index is 1.67. The first-order valence-corrected chi connectivity index (χ1v) is 8.92. The number of benzene rings is 2. The topological polar surface area (TPSA) is 65.2 Å². The Morgan fingerprint density at radius 3 is 2.41 bits per heavy atom. The van der Waals surface area contributed by atoms with Crippen LogP contribution in [0, 0.1) is 6.92 Å². The van der Waals surface area contributed by atoms with Gasteiger partial charge in [0.1, 0.15) is 0 Å². The molecule has 0 saturated heterocycles. The molecule has 0 aliphatic rings. The number of anilines is 1. The fraction of sp³-hybridized carbons (Fsp3) is 0.238. The molecule has 0 atom stereocenters. The molecule has 0 bridgehead atoms. The van der Waals surface area contributed by atoms with E-state index in [4.69, 9.17) is 0 Å². The predicted octanol–water partition coefficient (Wildman–Crippen LogP) is 4.25. The van der Waals surface area contributed by atoms with Crippen LogP contribution >= 0.6 is 0 Å². The summed E-state index contributed by atoms with van der Waals surface area (Å²) in [5, 5.41) is 3.08. The number of ketones is 1. The van der Waals surface area contributed by atoms with Crippen LogP contribution in [0.2, 0.25) is 0 Å². The second kappa shape index (κ2) is 8.08. The number of hydrogen-bond acceptors (Lipinski definition) is 3. The average molecular weight is 403 g/mol. The molecule has 3 rings (SSSR count). The van der Waals surface area contributed by atoms with Gasteiger partial charge in [0.25, 0.3) is 0 Å². The summed E-state index contributed by atoms with van der Waals surface area (Å²) in [7, 11) is 1.57. The highest BCUT2D eigenvalue weighted by Crippen LogP contribution is 2.34. The van der Waals surface area contributed by atoms with Gasteiger partial charge in [-0.05, 0) is 32.2 Å². The van der Waals surface area contributed by atoms with Gasteiger partial charge in [-0.1, -0.05) is 30.3 Å². The first kappa shape index (κ1) is 20.6. The van der Waals surface area contributed by atoms with Crippen molar-refractivity contribution in [1.29, 1.82) is 0 Å². The van der Waals surface area contributed by atoms with Crippen LogP contribution in [0.25, 0.3) is 10.9 Å². The minimum atomic E-state index is -4.57. The molecule has 3 aromatic rings. The van der Waals surface area contributed by atoms with E-state index in [2.05, 4.69) is 10.3 Å². The SMILES string of the molecule is Cc1[nH]c2ccccc2c1C(=O)CN(C)CC(=O)Nc1ccccc1C(F)(F)F. The summed E-state index contributed by atoms with van der Waals surface area (Å²) in [6.45, 7) is 1.53. The average Bonchev–Trinajstić information content (AvgIpc) is 2.96. The molecule has 0 saturated carbocycles. The molecule has 152 valence electrons. The number of H-pyrrole nitrogens is 1. The van der Waals surface area contributed by atoms with Crippen molar-refractivity contribution >= 4 is 28.3 Å². The van der Waals surface area contributed by atoms with E-state index < -0.39 is 17.6 Å². The number of aromatic nitrogens is 1. The normalized spacial score (nSPS) is 11.8. The Bertz CT molecular complexity index is 1060. The molecular formula is C21H20F3N3O2. The predicted molar refractivity (Wildman–Crippen MR) is 105 cm³/mol. The van der Waals surface area contributed by atoms with Crippen molar-refractivity contribution in [3.8, 4) is 0 Å². The Morgan fingerprint density at radius 2 is 1.69 bits per heavy atom. The number of aromatic amines is 1. The molecule has 8 heteroatoms. The smallest absolute Gasteiger partial charge is 0.358 e. The number of halogens is 3. The number of hydrogen-bond donors (Lipinski definition) is 2. The van der Waals surface area contributed by atoms with Crippen LogP contribution < -0.4 is 5.32 Å². The molecule has 0 aliphatic carbocycles. The van der Waals surface area contributed by atoms with Gasteiger partial charge in [-0.2, -0.15) is 13.2 Å². The molecular weight excluding hydrogens is 383 g/mol. The summed E-state index contributed by atoms with van der Waals surface area (Å²) in [5.74, 6) is -0.807. The number of amides is 1. The highest BCUT2D eigenvalue weighted by atomic mass is 19.4. The van der Waals surface area contributed by atoms with Crippen molar-refractivity contribution in [2.45, 2.75) is 13.1 Å². The Kier molecular flexibility index (Phi) is 5.74. The minimum Gasteiger partial charge on any atom is -0.358 e. The summed E-state index contributed by atoms with van der Waals surface area (Å²) in [6.07, 6.45) is -4.57. The highest BCUT2D eigenvalue weighted by molar-refractivity contribution is 6.10. The molecule has 1 amide bonds. The molecule has 0 unspecified atom stereocenters. The van der Waals surface area contributed by atoms with Gasteiger partial charge in [0.2, 0.25) is 5.91 Å². The quantitative estimate of drug-likeness (QED) is 0.605. The van der Waals surface area contributed by atoms with Crippen LogP contribution in [-0.4, -0.2) is 41.7 Å². The lowest BCUT2D eigenvalue weighted by Crippen LogP contribution is -2.34. The molecule has 0 aliphatic heterocycles.